The van der Waals surface area contributed by atoms with E-state index in [1.54, 1.807) is 5.38 Å². The van der Waals surface area contributed by atoms with Gasteiger partial charge in [-0.1, -0.05) is 0 Å². The second-order valence-corrected chi connectivity index (χ2v) is 11.2. The molecule has 2 fully saturated rings. The van der Waals surface area contributed by atoms with Gasteiger partial charge >= 0.3 is 19.2 Å². The van der Waals surface area contributed by atoms with Crippen molar-refractivity contribution in [1.82, 2.24) is 4.98 Å². The molecular formula is C28H24F6N2O7S. The Morgan fingerprint density at radius 3 is 1.98 bits per heavy atom. The second kappa shape index (κ2) is 12.8. The van der Waals surface area contributed by atoms with E-state index >= 15 is 0 Å². The normalized spacial score (nSPS) is 22.6. The Bertz CT molecular complexity index is 1510. The molecule has 236 valence electrons. The van der Waals surface area contributed by atoms with E-state index in [1.165, 1.54) is 0 Å². The molecule has 2 aliphatic rings. The number of halogens is 6. The molecule has 16 heteroatoms. The average molecular weight is 647 g/mol. The van der Waals surface area contributed by atoms with Crippen molar-refractivity contribution in [3.05, 3.63) is 59.1 Å². The molecule has 0 aliphatic heterocycles. The third-order valence-electron chi connectivity index (χ3n) is 7.29. The van der Waals surface area contributed by atoms with Gasteiger partial charge < -0.3 is 29.4 Å². The predicted molar refractivity (Wildman–Crippen MR) is 141 cm³/mol. The minimum atomic E-state index is -3.16. The van der Waals surface area contributed by atoms with Crippen LogP contribution in [0.4, 0.5) is 31.5 Å². The van der Waals surface area contributed by atoms with E-state index in [4.69, 9.17) is 9.47 Å². The zero-order chi connectivity index (χ0) is 31.6. The Labute approximate surface area is 249 Å². The van der Waals surface area contributed by atoms with Crippen LogP contribution in [0.3, 0.4) is 0 Å². The quantitative estimate of drug-likeness (QED) is 0.209. The number of carboxylic acids is 1. The first kappa shape index (κ1) is 31.2. The Balaban J connectivity index is 1.12. The number of hydrogen-bond donors (Lipinski definition) is 2. The van der Waals surface area contributed by atoms with Crippen molar-refractivity contribution < 1.29 is 60.0 Å². The van der Waals surface area contributed by atoms with Gasteiger partial charge in [0.05, 0.1) is 11.1 Å². The number of benzene rings is 2. The molecule has 0 bridgehead atoms. The minimum Gasteiger partial charge on any atom is -0.486 e. The van der Waals surface area contributed by atoms with Crippen LogP contribution in [0.15, 0.2) is 41.8 Å². The summed E-state index contributed by atoms with van der Waals surface area (Å²) in [5.74, 6) is -4.61. The van der Waals surface area contributed by atoms with Crippen LogP contribution in [0.1, 0.15) is 31.4 Å². The standard InChI is InChI=1S/C28H24F6N2O7S/c29-14-1-3-19(42-25(31)32)21(7-14)40-17-5-13(6-17)23(37)36-27-35-16(12-44-27)9-28(24(38)39)10-18(11-28)41-22-8-15(30)2-4-20(22)43-26(33)34/h1-4,7-8,12-13,17-18,25-26H,5-6,9-11H2,(H,38,39)(H,35,36,37). The van der Waals surface area contributed by atoms with E-state index < -0.39 is 54.4 Å². The fourth-order valence-corrected chi connectivity index (χ4v) is 5.77. The van der Waals surface area contributed by atoms with E-state index in [0.29, 0.717) is 5.69 Å². The van der Waals surface area contributed by atoms with Gasteiger partial charge in [0.25, 0.3) is 0 Å². The zero-order valence-electron chi connectivity index (χ0n) is 22.5. The number of thiazole rings is 1. The van der Waals surface area contributed by atoms with Crippen LogP contribution >= 0.6 is 11.3 Å². The van der Waals surface area contributed by atoms with E-state index in [1.807, 2.05) is 0 Å². The number of carbonyl (C=O) groups excluding carboxylic acids is 1. The zero-order valence-corrected chi connectivity index (χ0v) is 23.3. The Morgan fingerprint density at radius 1 is 0.909 bits per heavy atom. The van der Waals surface area contributed by atoms with Crippen LogP contribution in [-0.4, -0.2) is 47.4 Å². The van der Waals surface area contributed by atoms with Gasteiger partial charge in [-0.3, -0.25) is 9.59 Å². The molecule has 5 rings (SSSR count). The van der Waals surface area contributed by atoms with Crippen LogP contribution in [-0.2, 0) is 16.0 Å². The van der Waals surface area contributed by atoms with Crippen molar-refractivity contribution in [2.24, 2.45) is 11.3 Å². The van der Waals surface area contributed by atoms with Crippen molar-refractivity contribution in [2.75, 3.05) is 5.32 Å². The molecule has 1 aromatic heterocycles. The average Bonchev–Trinajstić information content (AvgIpc) is 3.33. The third-order valence-corrected chi connectivity index (χ3v) is 8.09. The summed E-state index contributed by atoms with van der Waals surface area (Å²) in [4.78, 5) is 29.1. The smallest absolute Gasteiger partial charge is 0.387 e. The number of aliphatic carboxylic acids is 1. The number of nitrogens with zero attached hydrogens (tertiary/aromatic N) is 1. The molecular weight excluding hydrogens is 622 g/mol. The van der Waals surface area contributed by atoms with Gasteiger partial charge in [0.15, 0.2) is 28.1 Å². The third kappa shape index (κ3) is 7.29. The molecule has 0 unspecified atom stereocenters. The lowest BCUT2D eigenvalue weighted by Gasteiger charge is -2.43. The summed E-state index contributed by atoms with van der Waals surface area (Å²) >= 11 is 1.09. The molecule has 2 saturated carbocycles. The lowest BCUT2D eigenvalue weighted by Crippen LogP contribution is -2.50. The van der Waals surface area contributed by atoms with Gasteiger partial charge in [0, 0.05) is 42.7 Å². The molecule has 44 heavy (non-hydrogen) atoms. The number of anilines is 1. The summed E-state index contributed by atoms with van der Waals surface area (Å²) < 4.78 is 97.7. The highest BCUT2D eigenvalue weighted by atomic mass is 32.1. The first-order valence-corrected chi connectivity index (χ1v) is 14.1. The van der Waals surface area contributed by atoms with Crippen molar-refractivity contribution in [3.63, 3.8) is 0 Å². The Kier molecular flexibility index (Phi) is 9.08. The Morgan fingerprint density at radius 2 is 1.45 bits per heavy atom. The summed E-state index contributed by atoms with van der Waals surface area (Å²) in [6.45, 7) is -6.29. The summed E-state index contributed by atoms with van der Waals surface area (Å²) in [6, 6.07) is 5.70. The van der Waals surface area contributed by atoms with Crippen molar-refractivity contribution in [1.29, 1.82) is 0 Å². The van der Waals surface area contributed by atoms with Crippen LogP contribution < -0.4 is 24.3 Å². The van der Waals surface area contributed by atoms with E-state index in [9.17, 15) is 41.0 Å². The van der Waals surface area contributed by atoms with Gasteiger partial charge in [0.2, 0.25) is 5.91 Å². The van der Waals surface area contributed by atoms with Gasteiger partial charge in [-0.25, -0.2) is 13.8 Å². The van der Waals surface area contributed by atoms with E-state index in [-0.39, 0.29) is 66.1 Å². The molecule has 1 heterocycles. The number of rotatable bonds is 13. The Hall–Kier alpha value is -4.21. The number of carbonyl (C=O) groups is 2. The van der Waals surface area contributed by atoms with Crippen molar-refractivity contribution >= 4 is 28.3 Å². The highest BCUT2D eigenvalue weighted by molar-refractivity contribution is 7.13. The number of ether oxygens (including phenoxy) is 4. The van der Waals surface area contributed by atoms with E-state index in [0.717, 1.165) is 47.7 Å². The fraction of sp³-hybridized carbons (Fsp3) is 0.393. The monoisotopic (exact) mass is 646 g/mol. The second-order valence-electron chi connectivity index (χ2n) is 10.4. The predicted octanol–water partition coefficient (Wildman–Crippen LogP) is 6.28. The number of nitrogens with one attached hydrogen (secondary N) is 1. The van der Waals surface area contributed by atoms with Crippen LogP contribution in [0, 0.1) is 23.0 Å². The minimum absolute atomic E-state index is 0.00585. The summed E-state index contributed by atoms with van der Waals surface area (Å²) in [5.41, 5.74) is -0.884. The van der Waals surface area contributed by atoms with Crippen LogP contribution in [0.5, 0.6) is 23.0 Å². The molecule has 9 nitrogen and oxygen atoms in total. The van der Waals surface area contributed by atoms with Gasteiger partial charge in [-0.15, -0.1) is 11.3 Å². The molecule has 2 aliphatic carbocycles. The SMILES string of the molecule is O=C(Nc1nc(CC2(C(=O)O)CC(Oc3cc(F)ccc3OC(F)F)C2)cs1)C1CC(Oc2cc(F)ccc2OC(F)F)C1. The van der Waals surface area contributed by atoms with Gasteiger partial charge in [0.1, 0.15) is 23.8 Å². The molecule has 0 spiro atoms. The maximum atomic E-state index is 13.7. The molecule has 0 atom stereocenters. The number of alkyl halides is 4. The van der Waals surface area contributed by atoms with Crippen molar-refractivity contribution in [3.8, 4) is 23.0 Å². The fourth-order valence-electron chi connectivity index (χ4n) is 5.06. The molecule has 1 amide bonds. The maximum Gasteiger partial charge on any atom is 0.387 e. The lowest BCUT2D eigenvalue weighted by molar-refractivity contribution is -0.161. The molecule has 0 saturated heterocycles. The van der Waals surface area contributed by atoms with E-state index in [2.05, 4.69) is 19.8 Å². The van der Waals surface area contributed by atoms with Gasteiger partial charge in [-0.2, -0.15) is 17.6 Å². The summed E-state index contributed by atoms with van der Waals surface area (Å²) in [7, 11) is 0. The first-order valence-electron chi connectivity index (χ1n) is 13.2. The number of aromatic nitrogens is 1. The number of hydrogen-bond acceptors (Lipinski definition) is 8. The van der Waals surface area contributed by atoms with Crippen LogP contribution in [0.2, 0.25) is 0 Å². The molecule has 3 aromatic rings. The topological polar surface area (TPSA) is 116 Å². The number of amides is 1. The molecule has 2 aromatic carbocycles. The van der Waals surface area contributed by atoms with Crippen molar-refractivity contribution in [2.45, 2.75) is 57.5 Å². The first-order chi connectivity index (χ1) is 20.9. The molecule has 0 radical (unpaired) electrons. The molecule has 2 N–H and O–H groups in total. The largest absolute Gasteiger partial charge is 0.486 e. The summed E-state index contributed by atoms with van der Waals surface area (Å²) in [6.07, 6.45) is -0.801. The lowest BCUT2D eigenvalue weighted by atomic mass is 9.64. The maximum absolute atomic E-state index is 13.7. The number of carboxylic acid groups (broad SMARTS) is 1. The highest BCUT2D eigenvalue weighted by Crippen LogP contribution is 2.47. The van der Waals surface area contributed by atoms with Gasteiger partial charge in [-0.05, 0) is 37.1 Å². The summed E-state index contributed by atoms with van der Waals surface area (Å²) in [5, 5.41) is 14.4. The van der Waals surface area contributed by atoms with Crippen LogP contribution in [0.25, 0.3) is 0 Å². The highest BCUT2D eigenvalue weighted by Gasteiger charge is 2.52.